The number of amides is 1. The van der Waals surface area contributed by atoms with Crippen LogP contribution in [0.1, 0.15) is 10.4 Å². The molecule has 0 aliphatic carbocycles. The van der Waals surface area contributed by atoms with E-state index in [1.54, 1.807) is 0 Å². The Morgan fingerprint density at radius 3 is 2.25 bits per heavy atom. The van der Waals surface area contributed by atoms with Gasteiger partial charge in [0.2, 0.25) is 10.0 Å². The van der Waals surface area contributed by atoms with E-state index in [0.29, 0.717) is 6.07 Å². The molecule has 0 fully saturated rings. The van der Waals surface area contributed by atoms with Crippen LogP contribution in [-0.2, 0) is 10.0 Å². The zero-order chi connectivity index (χ0) is 17.9. The molecule has 128 valence electrons. The van der Waals surface area contributed by atoms with Gasteiger partial charge < -0.3 is 10.1 Å². The van der Waals surface area contributed by atoms with E-state index >= 15 is 0 Å². The Balaban J connectivity index is 2.25. The lowest BCUT2D eigenvalue weighted by Gasteiger charge is -2.12. The average molecular weight is 356 g/mol. The minimum atomic E-state index is -3.50. The van der Waals surface area contributed by atoms with E-state index in [1.165, 1.54) is 25.3 Å². The third-order valence-corrected chi connectivity index (χ3v) is 3.47. The zero-order valence-corrected chi connectivity index (χ0v) is 13.6. The third-order valence-electron chi connectivity index (χ3n) is 2.88. The van der Waals surface area contributed by atoms with Gasteiger partial charge in [-0.1, -0.05) is 0 Å². The van der Waals surface area contributed by atoms with Gasteiger partial charge in [0.25, 0.3) is 5.91 Å². The fraction of sp³-hybridized carbons (Fsp3) is 0.133. The van der Waals surface area contributed by atoms with Gasteiger partial charge in [0.05, 0.1) is 19.1 Å². The normalized spacial score (nSPS) is 11.0. The number of rotatable bonds is 5. The Morgan fingerprint density at radius 1 is 1.08 bits per heavy atom. The van der Waals surface area contributed by atoms with Crippen molar-refractivity contribution in [3.63, 3.8) is 0 Å². The number of halogens is 2. The molecule has 0 aromatic heterocycles. The largest absolute Gasteiger partial charge is 0.494 e. The number of ether oxygens (including phenoxy) is 1. The second-order valence-electron chi connectivity index (χ2n) is 4.90. The first-order chi connectivity index (χ1) is 11.2. The molecule has 0 radical (unpaired) electrons. The number of benzene rings is 2. The van der Waals surface area contributed by atoms with Crippen LogP contribution in [0.3, 0.4) is 0 Å². The van der Waals surface area contributed by atoms with Crippen LogP contribution in [0.15, 0.2) is 36.4 Å². The second kappa shape index (κ2) is 6.83. The highest BCUT2D eigenvalue weighted by Crippen LogP contribution is 2.29. The molecule has 0 unspecified atom stereocenters. The Morgan fingerprint density at radius 2 is 1.71 bits per heavy atom. The molecular formula is C15H14F2N2O4S. The maximum absolute atomic E-state index is 13.2. The van der Waals surface area contributed by atoms with Crippen molar-refractivity contribution >= 4 is 27.3 Å². The van der Waals surface area contributed by atoms with Gasteiger partial charge in [0.15, 0.2) is 0 Å². The van der Waals surface area contributed by atoms with E-state index in [-0.39, 0.29) is 22.7 Å². The van der Waals surface area contributed by atoms with Gasteiger partial charge in [-0.25, -0.2) is 17.2 Å². The van der Waals surface area contributed by atoms with Crippen molar-refractivity contribution in [2.75, 3.05) is 23.4 Å². The molecule has 2 aromatic carbocycles. The van der Waals surface area contributed by atoms with Crippen LogP contribution < -0.4 is 14.8 Å². The number of nitrogens with one attached hydrogen (secondary N) is 2. The lowest BCUT2D eigenvalue weighted by molar-refractivity contribution is 0.102. The first-order valence-electron chi connectivity index (χ1n) is 6.61. The SMILES string of the molecule is COc1cc(NC(=O)c2cc(F)cc(F)c2)ccc1NS(C)(=O)=O. The van der Waals surface area contributed by atoms with Crippen molar-refractivity contribution < 1.29 is 26.7 Å². The van der Waals surface area contributed by atoms with Crippen molar-refractivity contribution in [2.24, 2.45) is 0 Å². The van der Waals surface area contributed by atoms with E-state index in [9.17, 15) is 22.0 Å². The summed E-state index contributed by atoms with van der Waals surface area (Å²) in [4.78, 5) is 12.0. The maximum atomic E-state index is 13.2. The summed E-state index contributed by atoms with van der Waals surface area (Å²) in [5, 5.41) is 2.45. The quantitative estimate of drug-likeness (QED) is 0.862. The van der Waals surface area contributed by atoms with Crippen molar-refractivity contribution in [3.8, 4) is 5.75 Å². The summed E-state index contributed by atoms with van der Waals surface area (Å²) in [7, 11) is -2.17. The average Bonchev–Trinajstić information content (AvgIpc) is 2.46. The molecule has 1 amide bonds. The fourth-order valence-electron chi connectivity index (χ4n) is 1.94. The summed E-state index contributed by atoms with van der Waals surface area (Å²) in [6, 6.07) is 6.64. The Labute approximate surface area is 137 Å². The van der Waals surface area contributed by atoms with E-state index < -0.39 is 27.6 Å². The molecule has 24 heavy (non-hydrogen) atoms. The van der Waals surface area contributed by atoms with Gasteiger partial charge >= 0.3 is 0 Å². The van der Waals surface area contributed by atoms with Crippen LogP contribution in [0.25, 0.3) is 0 Å². The molecule has 2 rings (SSSR count). The predicted octanol–water partition coefficient (Wildman–Crippen LogP) is 2.60. The van der Waals surface area contributed by atoms with E-state index in [0.717, 1.165) is 18.4 Å². The second-order valence-corrected chi connectivity index (χ2v) is 6.65. The Bertz CT molecular complexity index is 865. The molecule has 9 heteroatoms. The molecule has 0 atom stereocenters. The molecule has 0 spiro atoms. The molecule has 2 aromatic rings. The minimum absolute atomic E-state index is 0.170. The van der Waals surface area contributed by atoms with Gasteiger partial charge in [-0.05, 0) is 24.3 Å². The smallest absolute Gasteiger partial charge is 0.255 e. The fourth-order valence-corrected chi connectivity index (χ4v) is 2.51. The molecule has 6 nitrogen and oxygen atoms in total. The van der Waals surface area contributed by atoms with Gasteiger partial charge in [-0.2, -0.15) is 0 Å². The molecule has 0 bridgehead atoms. The highest BCUT2D eigenvalue weighted by atomic mass is 32.2. The summed E-state index contributed by atoms with van der Waals surface area (Å²) in [5.74, 6) is -2.29. The van der Waals surface area contributed by atoms with Crippen LogP contribution in [0, 0.1) is 11.6 Å². The summed E-state index contributed by atoms with van der Waals surface area (Å²) in [6.45, 7) is 0. The van der Waals surface area contributed by atoms with Gasteiger partial charge in [-0.15, -0.1) is 0 Å². The number of carbonyl (C=O) groups excluding carboxylic acids is 1. The molecule has 0 saturated heterocycles. The topological polar surface area (TPSA) is 84.5 Å². The van der Waals surface area contributed by atoms with Crippen LogP contribution in [0.2, 0.25) is 0 Å². The summed E-state index contributed by atoms with van der Waals surface area (Å²) >= 11 is 0. The van der Waals surface area contributed by atoms with Crippen LogP contribution in [0.4, 0.5) is 20.2 Å². The number of hydrogen-bond acceptors (Lipinski definition) is 4. The van der Waals surface area contributed by atoms with Crippen molar-refractivity contribution in [1.82, 2.24) is 0 Å². The summed E-state index contributed by atoms with van der Waals surface area (Å²) in [6.07, 6.45) is 0.987. The van der Waals surface area contributed by atoms with Gasteiger partial charge in [0, 0.05) is 23.4 Å². The number of anilines is 2. The zero-order valence-electron chi connectivity index (χ0n) is 12.8. The predicted molar refractivity (Wildman–Crippen MR) is 85.8 cm³/mol. The summed E-state index contributed by atoms with van der Waals surface area (Å²) in [5.41, 5.74) is 0.264. The lowest BCUT2D eigenvalue weighted by atomic mass is 10.2. The number of sulfonamides is 1. The maximum Gasteiger partial charge on any atom is 0.255 e. The van der Waals surface area contributed by atoms with Crippen LogP contribution in [-0.4, -0.2) is 27.7 Å². The standard InChI is InChI=1S/C15H14F2N2O4S/c1-23-14-8-12(3-4-13(14)19-24(2,21)22)18-15(20)9-5-10(16)7-11(17)6-9/h3-8,19H,1-2H3,(H,18,20). The molecular weight excluding hydrogens is 342 g/mol. The van der Waals surface area contributed by atoms with E-state index in [4.69, 9.17) is 4.74 Å². The summed E-state index contributed by atoms with van der Waals surface area (Å²) < 4.78 is 56.2. The van der Waals surface area contributed by atoms with E-state index in [1.807, 2.05) is 0 Å². The first kappa shape index (κ1) is 17.7. The minimum Gasteiger partial charge on any atom is -0.494 e. The Kier molecular flexibility index (Phi) is 5.03. The number of carbonyl (C=O) groups is 1. The molecule has 2 N–H and O–H groups in total. The third kappa shape index (κ3) is 4.66. The van der Waals surface area contributed by atoms with Crippen molar-refractivity contribution in [1.29, 1.82) is 0 Å². The highest BCUT2D eigenvalue weighted by molar-refractivity contribution is 7.92. The highest BCUT2D eigenvalue weighted by Gasteiger charge is 2.13. The molecule has 0 aliphatic rings. The number of hydrogen-bond donors (Lipinski definition) is 2. The molecule has 0 saturated carbocycles. The van der Waals surface area contributed by atoms with Gasteiger partial charge in [-0.3, -0.25) is 9.52 Å². The van der Waals surface area contributed by atoms with Crippen molar-refractivity contribution in [2.45, 2.75) is 0 Å². The first-order valence-corrected chi connectivity index (χ1v) is 8.50. The molecule has 0 aliphatic heterocycles. The number of methoxy groups -OCH3 is 1. The lowest BCUT2D eigenvalue weighted by Crippen LogP contribution is -2.13. The van der Waals surface area contributed by atoms with Gasteiger partial charge in [0.1, 0.15) is 17.4 Å². The van der Waals surface area contributed by atoms with E-state index in [2.05, 4.69) is 10.0 Å². The van der Waals surface area contributed by atoms with Crippen LogP contribution >= 0.6 is 0 Å². The Hall–Kier alpha value is -2.68. The van der Waals surface area contributed by atoms with Crippen LogP contribution in [0.5, 0.6) is 5.75 Å². The van der Waals surface area contributed by atoms with Crippen molar-refractivity contribution in [3.05, 3.63) is 53.6 Å². The monoisotopic (exact) mass is 356 g/mol. The molecule has 0 heterocycles.